The molecule has 2 aromatic rings. The van der Waals surface area contributed by atoms with Crippen LogP contribution >= 0.6 is 33.2 Å². The molecule has 4 nitrogen and oxygen atoms in total. The van der Waals surface area contributed by atoms with Crippen molar-refractivity contribution in [2.75, 3.05) is 12.3 Å². The highest BCUT2D eigenvalue weighted by atomic mass is 35.5. The van der Waals surface area contributed by atoms with Crippen LogP contribution in [0, 0.1) is 5.82 Å². The summed E-state index contributed by atoms with van der Waals surface area (Å²) >= 11 is 5.82. The summed E-state index contributed by atoms with van der Waals surface area (Å²) in [5.74, 6) is -0.188. The second-order valence-electron chi connectivity index (χ2n) is 4.97. The van der Waals surface area contributed by atoms with Gasteiger partial charge in [-0.1, -0.05) is 50.5 Å². The highest BCUT2D eigenvalue weighted by molar-refractivity contribution is 8.76. The first-order valence-corrected chi connectivity index (χ1v) is 10.1. The highest BCUT2D eigenvalue weighted by Crippen LogP contribution is 2.31. The second kappa shape index (κ2) is 10.3. The molecule has 0 bridgehead atoms. The summed E-state index contributed by atoms with van der Waals surface area (Å²) in [5.41, 5.74) is 0.511. The maximum Gasteiger partial charge on any atom is 0.269 e. The molecule has 0 aliphatic rings. The maximum absolute atomic E-state index is 13.2. The minimum Gasteiger partial charge on any atom is -0.410 e. The summed E-state index contributed by atoms with van der Waals surface area (Å²) in [7, 11) is 3.17. The first kappa shape index (κ1) is 19.6. The molecule has 0 heterocycles. The number of hydrogen-bond donors (Lipinski definition) is 2. The summed E-state index contributed by atoms with van der Waals surface area (Å²) in [4.78, 5) is 13.1. The smallest absolute Gasteiger partial charge is 0.269 e. The molecule has 0 spiro atoms. The van der Waals surface area contributed by atoms with E-state index < -0.39 is 11.7 Å². The highest BCUT2D eigenvalue weighted by Gasteiger charge is 2.13. The van der Waals surface area contributed by atoms with Gasteiger partial charge in [-0.25, -0.2) is 4.39 Å². The monoisotopic (exact) mass is 398 g/mol. The summed E-state index contributed by atoms with van der Waals surface area (Å²) in [6, 6.07) is 13.3. The van der Waals surface area contributed by atoms with Crippen LogP contribution in [-0.2, 0) is 11.2 Å². The van der Waals surface area contributed by atoms with E-state index in [-0.39, 0.29) is 12.1 Å². The molecule has 8 heteroatoms. The van der Waals surface area contributed by atoms with Crippen LogP contribution in [0.25, 0.3) is 0 Å². The lowest BCUT2D eigenvalue weighted by atomic mass is 10.1. The molecule has 1 amide bonds. The van der Waals surface area contributed by atoms with Crippen molar-refractivity contribution in [3.8, 4) is 0 Å². The van der Waals surface area contributed by atoms with E-state index in [2.05, 4.69) is 10.5 Å². The van der Waals surface area contributed by atoms with Crippen LogP contribution in [0.3, 0.4) is 0 Å². The molecular formula is C17H16ClFN2O2S2. The molecule has 2 rings (SSSR count). The Kier molecular flexibility index (Phi) is 8.11. The van der Waals surface area contributed by atoms with Crippen molar-refractivity contribution >= 4 is 44.8 Å². The van der Waals surface area contributed by atoms with E-state index in [1.807, 2.05) is 24.3 Å². The molecule has 2 N–H and O–H groups in total. The van der Waals surface area contributed by atoms with Crippen molar-refractivity contribution in [1.82, 2.24) is 5.32 Å². The average molecular weight is 399 g/mol. The number of amides is 1. The average Bonchev–Trinajstić information content (AvgIpc) is 2.61. The molecule has 0 atom stereocenters. The zero-order chi connectivity index (χ0) is 18.1. The second-order valence-corrected chi connectivity index (χ2v) is 7.89. The van der Waals surface area contributed by atoms with E-state index in [9.17, 15) is 9.18 Å². The molecule has 132 valence electrons. The first-order valence-electron chi connectivity index (χ1n) is 7.37. The van der Waals surface area contributed by atoms with Crippen molar-refractivity contribution in [2.24, 2.45) is 5.16 Å². The Morgan fingerprint density at radius 1 is 1.24 bits per heavy atom. The lowest BCUT2D eigenvalue weighted by molar-refractivity contribution is -0.114. The van der Waals surface area contributed by atoms with Crippen molar-refractivity contribution < 1.29 is 14.4 Å². The Morgan fingerprint density at radius 2 is 2.00 bits per heavy atom. The summed E-state index contributed by atoms with van der Waals surface area (Å²) in [6.45, 7) is 0.423. The Balaban J connectivity index is 1.72. The number of oxime groups is 1. The summed E-state index contributed by atoms with van der Waals surface area (Å²) in [5, 5.41) is 15.4. The minimum atomic E-state index is -0.469. The fraction of sp³-hybridized carbons (Fsp3) is 0.176. The third kappa shape index (κ3) is 6.97. The van der Waals surface area contributed by atoms with Crippen LogP contribution in [-0.4, -0.2) is 29.1 Å². The van der Waals surface area contributed by atoms with Crippen molar-refractivity contribution in [2.45, 2.75) is 11.3 Å². The van der Waals surface area contributed by atoms with E-state index in [1.165, 1.54) is 12.1 Å². The molecule has 0 unspecified atom stereocenters. The number of hydrogen-bond acceptors (Lipinski definition) is 5. The van der Waals surface area contributed by atoms with E-state index in [0.29, 0.717) is 22.9 Å². The van der Waals surface area contributed by atoms with Crippen molar-refractivity contribution in [3.05, 3.63) is 64.9 Å². The minimum absolute atomic E-state index is 0.0547. The number of rotatable bonds is 8. The fourth-order valence-electron chi connectivity index (χ4n) is 1.91. The van der Waals surface area contributed by atoms with E-state index >= 15 is 0 Å². The molecule has 0 aliphatic carbocycles. The molecule has 2 aromatic carbocycles. The van der Waals surface area contributed by atoms with E-state index in [4.69, 9.17) is 16.8 Å². The maximum atomic E-state index is 13.2. The molecule has 25 heavy (non-hydrogen) atoms. The Morgan fingerprint density at radius 3 is 2.68 bits per heavy atom. The number of nitrogens with zero attached hydrogens (tertiary/aromatic N) is 1. The van der Waals surface area contributed by atoms with Gasteiger partial charge >= 0.3 is 0 Å². The fourth-order valence-corrected chi connectivity index (χ4v) is 3.93. The third-order valence-corrected chi connectivity index (χ3v) is 5.72. The van der Waals surface area contributed by atoms with E-state index in [1.54, 1.807) is 33.7 Å². The number of benzene rings is 2. The zero-order valence-corrected chi connectivity index (χ0v) is 15.5. The van der Waals surface area contributed by atoms with Gasteiger partial charge in [0.1, 0.15) is 11.5 Å². The molecule has 0 radical (unpaired) electrons. The predicted molar refractivity (Wildman–Crippen MR) is 102 cm³/mol. The number of halogens is 2. The quantitative estimate of drug-likeness (QED) is 0.227. The number of nitrogens with one attached hydrogen (secondary N) is 1. The molecule has 0 fully saturated rings. The molecule has 0 aromatic heterocycles. The first-order chi connectivity index (χ1) is 12.1. The SMILES string of the molecule is O=C(NCCSSc1ccc(Cl)cc1)/C(Cc1cccc(F)c1)=N/O. The topological polar surface area (TPSA) is 61.7 Å². The normalized spacial score (nSPS) is 11.4. The van der Waals surface area contributed by atoms with Crippen LogP contribution in [0.4, 0.5) is 4.39 Å². The lowest BCUT2D eigenvalue weighted by Gasteiger charge is -2.07. The van der Waals surface area contributed by atoms with Crippen molar-refractivity contribution in [3.63, 3.8) is 0 Å². The van der Waals surface area contributed by atoms with Gasteiger partial charge in [-0.3, -0.25) is 4.79 Å². The zero-order valence-electron chi connectivity index (χ0n) is 13.1. The van der Waals surface area contributed by atoms with E-state index in [0.717, 1.165) is 4.90 Å². The van der Waals surface area contributed by atoms with Crippen LogP contribution in [0.15, 0.2) is 58.6 Å². The largest absolute Gasteiger partial charge is 0.410 e. The van der Waals surface area contributed by atoms with Gasteiger partial charge in [0, 0.05) is 28.6 Å². The summed E-state index contributed by atoms with van der Waals surface area (Å²) < 4.78 is 13.2. The van der Waals surface area contributed by atoms with Gasteiger partial charge in [0.05, 0.1) is 0 Å². The summed E-state index contributed by atoms with van der Waals surface area (Å²) in [6.07, 6.45) is 0.0623. The molecular weight excluding hydrogens is 383 g/mol. The molecule has 0 aliphatic heterocycles. The number of carbonyl (C=O) groups excluding carboxylic acids is 1. The number of carbonyl (C=O) groups is 1. The van der Waals surface area contributed by atoms with Crippen molar-refractivity contribution in [1.29, 1.82) is 0 Å². The molecule has 0 saturated carbocycles. The van der Waals surface area contributed by atoms with Gasteiger partial charge < -0.3 is 10.5 Å². The third-order valence-electron chi connectivity index (χ3n) is 3.08. The van der Waals surface area contributed by atoms with Gasteiger partial charge in [0.2, 0.25) is 0 Å². The Bertz CT molecular complexity index is 742. The van der Waals surface area contributed by atoms with Crippen LogP contribution < -0.4 is 5.32 Å². The predicted octanol–water partition coefficient (Wildman–Crippen LogP) is 4.41. The van der Waals surface area contributed by atoms with Gasteiger partial charge in [-0.15, -0.1) is 0 Å². The Labute approximate surface area is 158 Å². The van der Waals surface area contributed by atoms with Gasteiger partial charge in [-0.05, 0) is 42.0 Å². The van der Waals surface area contributed by atoms with Gasteiger partial charge in [-0.2, -0.15) is 0 Å². The molecule has 0 saturated heterocycles. The van der Waals surface area contributed by atoms with Gasteiger partial charge in [0.15, 0.2) is 0 Å². The van der Waals surface area contributed by atoms with Gasteiger partial charge in [0.25, 0.3) is 5.91 Å². The Hall–Kier alpha value is -1.70. The van der Waals surface area contributed by atoms with Crippen LogP contribution in [0.1, 0.15) is 5.56 Å². The standard InChI is InChI=1S/C17H16ClFN2O2S2/c18-13-4-6-15(7-5-13)25-24-9-8-20-17(22)16(21-23)11-12-2-1-3-14(19)10-12/h1-7,10,23H,8-9,11H2,(H,20,22)/b21-16+. The lowest BCUT2D eigenvalue weighted by Crippen LogP contribution is -2.33. The van der Waals surface area contributed by atoms with Crippen LogP contribution in [0.5, 0.6) is 0 Å². The van der Waals surface area contributed by atoms with Crippen LogP contribution in [0.2, 0.25) is 5.02 Å².